The zero-order valence-electron chi connectivity index (χ0n) is 12.9. The molecule has 1 N–H and O–H groups in total. The summed E-state index contributed by atoms with van der Waals surface area (Å²) in [6.07, 6.45) is 0. The molecule has 0 fully saturated rings. The maximum Gasteiger partial charge on any atom is 0.190 e. The number of fused-ring (bicyclic) bond motifs is 1. The molecule has 0 aliphatic rings. The lowest BCUT2D eigenvalue weighted by molar-refractivity contribution is -0.123. The number of hydrogen-bond acceptors (Lipinski definition) is 5. The van der Waals surface area contributed by atoms with Crippen molar-refractivity contribution in [3.8, 4) is 0 Å². The highest BCUT2D eigenvalue weighted by molar-refractivity contribution is 7.99. The summed E-state index contributed by atoms with van der Waals surface area (Å²) >= 11 is 1.40. The Morgan fingerprint density at radius 2 is 1.95 bits per heavy atom. The number of ketones is 1. The number of carbonyl (C=O) groups is 1. The van der Waals surface area contributed by atoms with E-state index in [0.29, 0.717) is 10.9 Å². The van der Waals surface area contributed by atoms with Gasteiger partial charge < -0.3 is 5.32 Å². The monoisotopic (exact) mass is 303 g/mol. The molecule has 112 valence electrons. The molecule has 0 bridgehead atoms. The molecule has 1 aromatic carbocycles. The zero-order valence-corrected chi connectivity index (χ0v) is 13.8. The Morgan fingerprint density at radius 1 is 1.24 bits per heavy atom. The number of nitrogens with zero attached hydrogens (tertiary/aromatic N) is 2. The number of hydrogen-bond donors (Lipinski definition) is 1. The second-order valence-corrected chi connectivity index (χ2v) is 6.81. The molecule has 0 amide bonds. The maximum absolute atomic E-state index is 12.0. The van der Waals surface area contributed by atoms with E-state index in [2.05, 4.69) is 15.3 Å². The number of benzene rings is 1. The largest absolute Gasteiger partial charge is 0.370 e. The lowest BCUT2D eigenvalue weighted by Crippen LogP contribution is -2.22. The Bertz CT molecular complexity index is 650. The van der Waals surface area contributed by atoms with Crippen molar-refractivity contribution < 1.29 is 4.79 Å². The first-order valence-electron chi connectivity index (χ1n) is 7.08. The maximum atomic E-state index is 12.0. The summed E-state index contributed by atoms with van der Waals surface area (Å²) < 4.78 is 0. The molecule has 0 aliphatic heterocycles. The fourth-order valence-corrected chi connectivity index (χ4v) is 2.78. The quantitative estimate of drug-likeness (QED) is 0.673. The van der Waals surface area contributed by atoms with Crippen molar-refractivity contribution in [2.45, 2.75) is 32.9 Å². The second kappa shape index (κ2) is 6.43. The third-order valence-corrected chi connectivity index (χ3v) is 3.94. The summed E-state index contributed by atoms with van der Waals surface area (Å²) in [4.78, 5) is 21.1. The van der Waals surface area contributed by atoms with Gasteiger partial charge in [-0.3, -0.25) is 4.79 Å². The third-order valence-electron chi connectivity index (χ3n) is 3.10. The van der Waals surface area contributed by atoms with Gasteiger partial charge in [0.05, 0.1) is 11.3 Å². The zero-order chi connectivity index (χ0) is 15.5. The highest BCUT2D eigenvalue weighted by Crippen LogP contribution is 2.26. The van der Waals surface area contributed by atoms with Gasteiger partial charge in [0.2, 0.25) is 0 Å². The van der Waals surface area contributed by atoms with Crippen LogP contribution in [0.5, 0.6) is 0 Å². The van der Waals surface area contributed by atoms with Crippen molar-refractivity contribution in [2.24, 2.45) is 5.41 Å². The molecular weight excluding hydrogens is 282 g/mol. The van der Waals surface area contributed by atoms with E-state index in [1.807, 2.05) is 52.0 Å². The minimum Gasteiger partial charge on any atom is -0.370 e. The van der Waals surface area contributed by atoms with E-state index in [-0.39, 0.29) is 11.2 Å². The van der Waals surface area contributed by atoms with Crippen LogP contribution >= 0.6 is 11.8 Å². The molecule has 2 aromatic rings. The highest BCUT2D eigenvalue weighted by atomic mass is 32.2. The van der Waals surface area contributed by atoms with Crippen molar-refractivity contribution in [2.75, 3.05) is 17.6 Å². The first-order chi connectivity index (χ1) is 9.91. The van der Waals surface area contributed by atoms with E-state index >= 15 is 0 Å². The molecule has 0 atom stereocenters. The molecule has 1 heterocycles. The Morgan fingerprint density at radius 3 is 2.62 bits per heavy atom. The number of thioether (sulfide) groups is 1. The van der Waals surface area contributed by atoms with Crippen LogP contribution in [0.3, 0.4) is 0 Å². The number of para-hydroxylation sites is 1. The minimum absolute atomic E-state index is 0.203. The molecule has 2 rings (SSSR count). The smallest absolute Gasteiger partial charge is 0.190 e. The first-order valence-corrected chi connectivity index (χ1v) is 8.07. The van der Waals surface area contributed by atoms with Crippen molar-refractivity contribution in [3.63, 3.8) is 0 Å². The first kappa shape index (κ1) is 15.8. The van der Waals surface area contributed by atoms with E-state index in [9.17, 15) is 4.79 Å². The number of aromatic nitrogens is 2. The normalized spacial score (nSPS) is 11.6. The molecule has 0 aliphatic carbocycles. The summed E-state index contributed by atoms with van der Waals surface area (Å²) in [7, 11) is 0. The molecule has 0 radical (unpaired) electrons. The highest BCUT2D eigenvalue weighted by Gasteiger charge is 2.21. The van der Waals surface area contributed by atoms with Crippen LogP contribution in [-0.2, 0) is 4.79 Å². The van der Waals surface area contributed by atoms with Gasteiger partial charge in [0.15, 0.2) is 5.16 Å². The summed E-state index contributed by atoms with van der Waals surface area (Å²) in [5, 5.41) is 4.91. The van der Waals surface area contributed by atoms with Crippen LogP contribution in [0.25, 0.3) is 10.9 Å². The number of Topliss-reactive ketones (excluding diaryl/α,β-unsaturated/α-hetero) is 1. The van der Waals surface area contributed by atoms with Gasteiger partial charge in [0, 0.05) is 17.3 Å². The fraction of sp³-hybridized carbons (Fsp3) is 0.438. The molecule has 1 aromatic heterocycles. The van der Waals surface area contributed by atoms with Crippen molar-refractivity contribution in [3.05, 3.63) is 24.3 Å². The Labute approximate surface area is 129 Å². The SMILES string of the molecule is CCNc1nc(SCC(=O)C(C)(C)C)nc2ccccc12. The van der Waals surface area contributed by atoms with E-state index in [1.165, 1.54) is 11.8 Å². The Hall–Kier alpha value is -1.62. The molecule has 0 saturated heterocycles. The van der Waals surface area contributed by atoms with E-state index in [0.717, 1.165) is 23.3 Å². The van der Waals surface area contributed by atoms with Gasteiger partial charge in [-0.15, -0.1) is 0 Å². The molecule has 21 heavy (non-hydrogen) atoms. The molecule has 0 saturated carbocycles. The van der Waals surface area contributed by atoms with E-state index in [1.54, 1.807) is 0 Å². The number of rotatable bonds is 5. The molecule has 5 heteroatoms. The van der Waals surface area contributed by atoms with Gasteiger partial charge >= 0.3 is 0 Å². The van der Waals surface area contributed by atoms with Crippen LogP contribution in [0, 0.1) is 5.41 Å². The second-order valence-electron chi connectivity index (χ2n) is 5.86. The van der Waals surface area contributed by atoms with Crippen LogP contribution in [0.15, 0.2) is 29.4 Å². The summed E-state index contributed by atoms with van der Waals surface area (Å²) in [6, 6.07) is 7.90. The molecule has 0 unspecified atom stereocenters. The van der Waals surface area contributed by atoms with Gasteiger partial charge in [-0.05, 0) is 19.1 Å². The van der Waals surface area contributed by atoms with Crippen LogP contribution in [0.2, 0.25) is 0 Å². The fourth-order valence-electron chi connectivity index (χ4n) is 1.77. The van der Waals surface area contributed by atoms with Gasteiger partial charge in [0.25, 0.3) is 0 Å². The van der Waals surface area contributed by atoms with Gasteiger partial charge in [0.1, 0.15) is 11.6 Å². The molecule has 4 nitrogen and oxygen atoms in total. The minimum atomic E-state index is -0.325. The molecule has 0 spiro atoms. The average molecular weight is 303 g/mol. The van der Waals surface area contributed by atoms with E-state index in [4.69, 9.17) is 0 Å². The van der Waals surface area contributed by atoms with Crippen LogP contribution in [0.4, 0.5) is 5.82 Å². The third kappa shape index (κ3) is 3.94. The van der Waals surface area contributed by atoms with Gasteiger partial charge in [-0.1, -0.05) is 44.7 Å². The molecular formula is C16H21N3OS. The van der Waals surface area contributed by atoms with Gasteiger partial charge in [-0.25, -0.2) is 9.97 Å². The average Bonchev–Trinajstić information content (AvgIpc) is 2.44. The number of carbonyl (C=O) groups excluding carboxylic acids is 1. The Kier molecular flexibility index (Phi) is 4.83. The van der Waals surface area contributed by atoms with Crippen LogP contribution in [0.1, 0.15) is 27.7 Å². The van der Waals surface area contributed by atoms with Gasteiger partial charge in [-0.2, -0.15) is 0 Å². The summed E-state index contributed by atoms with van der Waals surface area (Å²) in [5.74, 6) is 1.43. The Balaban J connectivity index is 2.26. The number of nitrogens with one attached hydrogen (secondary N) is 1. The number of anilines is 1. The predicted octanol–water partition coefficient (Wildman–Crippen LogP) is 3.77. The van der Waals surface area contributed by atoms with Crippen LogP contribution in [-0.4, -0.2) is 28.0 Å². The summed E-state index contributed by atoms with van der Waals surface area (Å²) in [5.41, 5.74) is 0.572. The lowest BCUT2D eigenvalue weighted by Gasteiger charge is -2.16. The lowest BCUT2D eigenvalue weighted by atomic mass is 9.92. The van der Waals surface area contributed by atoms with Crippen molar-refractivity contribution >= 4 is 34.3 Å². The summed E-state index contributed by atoms with van der Waals surface area (Å²) in [6.45, 7) is 8.63. The van der Waals surface area contributed by atoms with Crippen molar-refractivity contribution in [1.82, 2.24) is 9.97 Å². The standard InChI is InChI=1S/C16H21N3OS/c1-5-17-14-11-8-6-7-9-12(11)18-15(19-14)21-10-13(20)16(2,3)4/h6-9H,5,10H2,1-4H3,(H,17,18,19). The predicted molar refractivity (Wildman–Crippen MR) is 88.9 cm³/mol. The van der Waals surface area contributed by atoms with E-state index < -0.39 is 0 Å². The van der Waals surface area contributed by atoms with Crippen LogP contribution < -0.4 is 5.32 Å². The topological polar surface area (TPSA) is 54.9 Å². The van der Waals surface area contributed by atoms with Crippen molar-refractivity contribution in [1.29, 1.82) is 0 Å².